The highest BCUT2D eigenvalue weighted by Crippen LogP contribution is 2.39. The molecule has 2 heterocycles. The summed E-state index contributed by atoms with van der Waals surface area (Å²) in [6.07, 6.45) is 0. The smallest absolute Gasteiger partial charge is 0.136 e. The molecule has 0 aliphatic carbocycles. The Hall–Kier alpha value is -5.34. The topological polar surface area (TPSA) is 26.3 Å². The highest BCUT2D eigenvalue weighted by molar-refractivity contribution is 6.15. The van der Waals surface area contributed by atoms with E-state index in [0.29, 0.717) is 0 Å². The molecule has 0 unspecified atom stereocenters. The van der Waals surface area contributed by atoms with E-state index in [1.807, 2.05) is 0 Å². The van der Waals surface area contributed by atoms with E-state index in [1.165, 1.54) is 32.7 Å². The van der Waals surface area contributed by atoms with E-state index < -0.39 is 0 Å². The minimum atomic E-state index is 0.875. The standard InChI is InChI=1S/C38H22O2/c1-3-7-25-17-27(11-9-23(25)5-1)29-13-15-31-33-21-38-34(22-37(33)39-35(31)19-29)32-16-14-30(20-36(32)40-38)28-12-10-24-6-2-4-8-26(24)18-28/h1-22H. The number of fused-ring (bicyclic) bond motifs is 8. The molecular formula is C38H22O2. The van der Waals surface area contributed by atoms with Crippen LogP contribution in [-0.2, 0) is 0 Å². The molecule has 0 radical (unpaired) electrons. The maximum atomic E-state index is 6.42. The van der Waals surface area contributed by atoms with Gasteiger partial charge < -0.3 is 8.83 Å². The Kier molecular flexibility index (Phi) is 4.36. The van der Waals surface area contributed by atoms with Crippen molar-refractivity contribution in [2.75, 3.05) is 0 Å². The predicted molar refractivity (Wildman–Crippen MR) is 167 cm³/mol. The normalized spacial score (nSPS) is 12.0. The van der Waals surface area contributed by atoms with Crippen molar-refractivity contribution in [3.63, 3.8) is 0 Å². The van der Waals surface area contributed by atoms with Crippen LogP contribution in [0.2, 0.25) is 0 Å². The van der Waals surface area contributed by atoms with Crippen molar-refractivity contribution in [1.82, 2.24) is 0 Å². The number of hydrogen-bond donors (Lipinski definition) is 0. The van der Waals surface area contributed by atoms with Crippen LogP contribution in [0.15, 0.2) is 142 Å². The second-order valence-corrected chi connectivity index (χ2v) is 10.6. The third-order valence-electron chi connectivity index (χ3n) is 8.23. The van der Waals surface area contributed by atoms with Gasteiger partial charge >= 0.3 is 0 Å². The summed E-state index contributed by atoms with van der Waals surface area (Å²) in [4.78, 5) is 0. The van der Waals surface area contributed by atoms with Crippen LogP contribution in [0.5, 0.6) is 0 Å². The molecule has 9 rings (SSSR count). The van der Waals surface area contributed by atoms with Gasteiger partial charge in [-0.05, 0) is 92.3 Å². The third-order valence-corrected chi connectivity index (χ3v) is 8.23. The largest absolute Gasteiger partial charge is 0.456 e. The molecule has 0 atom stereocenters. The molecule has 0 aliphatic heterocycles. The van der Waals surface area contributed by atoms with Crippen molar-refractivity contribution in [1.29, 1.82) is 0 Å². The fourth-order valence-corrected chi connectivity index (χ4v) is 6.14. The zero-order valence-corrected chi connectivity index (χ0v) is 21.5. The number of rotatable bonds is 2. The van der Waals surface area contributed by atoms with Crippen molar-refractivity contribution in [3.8, 4) is 22.3 Å². The summed E-state index contributed by atoms with van der Waals surface area (Å²) in [7, 11) is 0. The van der Waals surface area contributed by atoms with Gasteiger partial charge in [-0.1, -0.05) is 84.9 Å². The summed E-state index contributed by atoms with van der Waals surface area (Å²) in [5, 5.41) is 9.30. The average molecular weight is 511 g/mol. The molecule has 0 N–H and O–H groups in total. The van der Waals surface area contributed by atoms with Crippen molar-refractivity contribution < 1.29 is 8.83 Å². The second kappa shape index (κ2) is 8.08. The van der Waals surface area contributed by atoms with Crippen LogP contribution in [0, 0.1) is 0 Å². The average Bonchev–Trinajstić information content (AvgIpc) is 3.55. The zero-order valence-electron chi connectivity index (χ0n) is 21.5. The van der Waals surface area contributed by atoms with Crippen LogP contribution in [0.4, 0.5) is 0 Å². The zero-order chi connectivity index (χ0) is 26.2. The molecule has 0 bridgehead atoms. The molecular weight excluding hydrogens is 488 g/mol. The Balaban J connectivity index is 1.16. The first kappa shape index (κ1) is 21.6. The van der Waals surface area contributed by atoms with Gasteiger partial charge in [-0.15, -0.1) is 0 Å². The van der Waals surface area contributed by atoms with Gasteiger partial charge in [0.2, 0.25) is 0 Å². The van der Waals surface area contributed by atoms with Gasteiger partial charge in [0.05, 0.1) is 0 Å². The maximum absolute atomic E-state index is 6.42. The van der Waals surface area contributed by atoms with Gasteiger partial charge in [-0.25, -0.2) is 0 Å². The molecule has 0 amide bonds. The lowest BCUT2D eigenvalue weighted by Gasteiger charge is -2.04. The van der Waals surface area contributed by atoms with Gasteiger partial charge in [0.25, 0.3) is 0 Å². The van der Waals surface area contributed by atoms with Gasteiger partial charge in [-0.3, -0.25) is 0 Å². The Morgan fingerprint density at radius 2 is 0.650 bits per heavy atom. The Labute approximate surface area is 229 Å². The first-order valence-corrected chi connectivity index (χ1v) is 13.6. The molecule has 40 heavy (non-hydrogen) atoms. The highest BCUT2D eigenvalue weighted by Gasteiger charge is 2.15. The lowest BCUT2D eigenvalue weighted by molar-refractivity contribution is 0.664. The molecule has 186 valence electrons. The fraction of sp³-hybridized carbons (Fsp3) is 0. The molecule has 0 aliphatic rings. The summed E-state index contributed by atoms with van der Waals surface area (Å²) >= 11 is 0. The molecule has 0 spiro atoms. The van der Waals surface area contributed by atoms with Gasteiger partial charge in [0.1, 0.15) is 22.3 Å². The van der Waals surface area contributed by atoms with E-state index in [1.54, 1.807) is 0 Å². The number of furan rings is 2. The Morgan fingerprint density at radius 3 is 1.12 bits per heavy atom. The van der Waals surface area contributed by atoms with Crippen molar-refractivity contribution in [2.24, 2.45) is 0 Å². The lowest BCUT2D eigenvalue weighted by atomic mass is 9.99. The first-order chi connectivity index (χ1) is 19.8. The molecule has 2 nitrogen and oxygen atoms in total. The van der Waals surface area contributed by atoms with Crippen molar-refractivity contribution in [3.05, 3.63) is 133 Å². The molecule has 9 aromatic rings. The third kappa shape index (κ3) is 3.23. The van der Waals surface area contributed by atoms with Crippen LogP contribution < -0.4 is 0 Å². The summed E-state index contributed by atoms with van der Waals surface area (Å²) in [6.45, 7) is 0. The van der Waals surface area contributed by atoms with Crippen LogP contribution in [0.3, 0.4) is 0 Å². The van der Waals surface area contributed by atoms with Crippen LogP contribution in [0.25, 0.3) is 87.7 Å². The minimum Gasteiger partial charge on any atom is -0.456 e. The van der Waals surface area contributed by atoms with Gasteiger partial charge in [0.15, 0.2) is 0 Å². The van der Waals surface area contributed by atoms with Crippen LogP contribution in [0.1, 0.15) is 0 Å². The Morgan fingerprint density at radius 1 is 0.275 bits per heavy atom. The maximum Gasteiger partial charge on any atom is 0.136 e. The van der Waals surface area contributed by atoms with Crippen LogP contribution in [-0.4, -0.2) is 0 Å². The highest BCUT2D eigenvalue weighted by atomic mass is 16.3. The van der Waals surface area contributed by atoms with Crippen molar-refractivity contribution in [2.45, 2.75) is 0 Å². The van der Waals surface area contributed by atoms with E-state index in [2.05, 4.69) is 133 Å². The monoisotopic (exact) mass is 510 g/mol. The Bertz CT molecular complexity index is 2260. The summed E-state index contributed by atoms with van der Waals surface area (Å²) in [5.41, 5.74) is 8.18. The van der Waals surface area contributed by atoms with Gasteiger partial charge in [0, 0.05) is 21.5 Å². The quantitative estimate of drug-likeness (QED) is 0.231. The number of benzene rings is 7. The van der Waals surface area contributed by atoms with E-state index in [9.17, 15) is 0 Å². The fourth-order valence-electron chi connectivity index (χ4n) is 6.14. The number of hydrogen-bond acceptors (Lipinski definition) is 2. The SMILES string of the molecule is c1ccc2cc(-c3ccc4c(c3)oc3cc5c(cc34)oc3cc(-c4ccc6ccccc6c4)ccc35)ccc2c1. The minimum absolute atomic E-state index is 0.875. The van der Waals surface area contributed by atoms with Crippen molar-refractivity contribution >= 4 is 65.4 Å². The van der Waals surface area contributed by atoms with E-state index in [4.69, 9.17) is 8.83 Å². The molecule has 2 heteroatoms. The predicted octanol–water partition coefficient (Wildman–Crippen LogP) is 11.1. The van der Waals surface area contributed by atoms with E-state index in [-0.39, 0.29) is 0 Å². The first-order valence-electron chi connectivity index (χ1n) is 13.6. The molecule has 0 saturated carbocycles. The second-order valence-electron chi connectivity index (χ2n) is 10.6. The molecule has 2 aromatic heterocycles. The molecule has 7 aromatic carbocycles. The lowest BCUT2D eigenvalue weighted by Crippen LogP contribution is -1.79. The molecule has 0 saturated heterocycles. The molecule has 0 fully saturated rings. The van der Waals surface area contributed by atoms with Crippen LogP contribution >= 0.6 is 0 Å². The van der Waals surface area contributed by atoms with Gasteiger partial charge in [-0.2, -0.15) is 0 Å². The van der Waals surface area contributed by atoms with E-state index >= 15 is 0 Å². The summed E-state index contributed by atoms with van der Waals surface area (Å²) in [6, 6.07) is 47.3. The summed E-state index contributed by atoms with van der Waals surface area (Å²) in [5.74, 6) is 0. The summed E-state index contributed by atoms with van der Waals surface area (Å²) < 4.78 is 12.8. The van der Waals surface area contributed by atoms with E-state index in [0.717, 1.165) is 55.0 Å².